The second-order valence-corrected chi connectivity index (χ2v) is 5.60. The summed E-state index contributed by atoms with van der Waals surface area (Å²) in [6, 6.07) is 9.89. The van der Waals surface area contributed by atoms with Crippen LogP contribution in [0.25, 0.3) is 0 Å². The van der Waals surface area contributed by atoms with E-state index >= 15 is 0 Å². The van der Waals surface area contributed by atoms with Gasteiger partial charge in [0.15, 0.2) is 0 Å². The van der Waals surface area contributed by atoms with Gasteiger partial charge in [0.25, 0.3) is 0 Å². The summed E-state index contributed by atoms with van der Waals surface area (Å²) in [6.07, 6.45) is 6.67. The lowest BCUT2D eigenvalue weighted by Gasteiger charge is -2.16. The van der Waals surface area contributed by atoms with E-state index in [9.17, 15) is 0 Å². The van der Waals surface area contributed by atoms with Crippen molar-refractivity contribution >= 4 is 0 Å². The molecule has 0 aromatic heterocycles. The van der Waals surface area contributed by atoms with Crippen molar-refractivity contribution in [3.05, 3.63) is 35.4 Å². The van der Waals surface area contributed by atoms with Crippen LogP contribution >= 0.6 is 0 Å². The van der Waals surface area contributed by atoms with E-state index in [0.717, 1.165) is 0 Å². The van der Waals surface area contributed by atoms with Crippen LogP contribution in [-0.4, -0.2) is 12.6 Å². The number of rotatable bonds is 3. The van der Waals surface area contributed by atoms with E-state index in [-0.39, 0.29) is 0 Å². The molecule has 1 aliphatic heterocycles. The highest BCUT2D eigenvalue weighted by molar-refractivity contribution is 5.25. The lowest BCUT2D eigenvalue weighted by molar-refractivity contribution is 0.507. The van der Waals surface area contributed by atoms with Crippen molar-refractivity contribution in [3.63, 3.8) is 0 Å². The van der Waals surface area contributed by atoms with Crippen molar-refractivity contribution in [2.45, 2.75) is 57.9 Å². The summed E-state index contributed by atoms with van der Waals surface area (Å²) in [6.45, 7) is 5.71. The zero-order valence-electron chi connectivity index (χ0n) is 11.2. The Morgan fingerprint density at radius 2 is 1.88 bits per heavy atom. The molecule has 0 amide bonds. The Morgan fingerprint density at radius 1 is 1.12 bits per heavy atom. The van der Waals surface area contributed by atoms with Crippen molar-refractivity contribution in [3.8, 4) is 0 Å². The predicted molar refractivity (Wildman–Crippen MR) is 74.5 cm³/mol. The number of nitrogens with one attached hydrogen (secondary N) is 1. The van der Waals surface area contributed by atoms with Crippen LogP contribution in [0.3, 0.4) is 0 Å². The maximum absolute atomic E-state index is 3.67. The summed E-state index contributed by atoms with van der Waals surface area (Å²) in [5, 5.41) is 3.67. The van der Waals surface area contributed by atoms with Crippen molar-refractivity contribution in [2.24, 2.45) is 0 Å². The van der Waals surface area contributed by atoms with Gasteiger partial charge >= 0.3 is 0 Å². The maximum atomic E-state index is 3.67. The lowest BCUT2D eigenvalue weighted by Crippen LogP contribution is -2.30. The van der Waals surface area contributed by atoms with Crippen LogP contribution in [0.4, 0.5) is 0 Å². The minimum Gasteiger partial charge on any atom is -0.314 e. The van der Waals surface area contributed by atoms with Crippen molar-refractivity contribution in [1.29, 1.82) is 0 Å². The van der Waals surface area contributed by atoms with Crippen molar-refractivity contribution < 1.29 is 0 Å². The molecule has 1 unspecified atom stereocenters. The van der Waals surface area contributed by atoms with Crippen LogP contribution in [0.15, 0.2) is 24.3 Å². The van der Waals surface area contributed by atoms with Gasteiger partial charge < -0.3 is 5.32 Å². The van der Waals surface area contributed by atoms with Crippen molar-refractivity contribution in [1.82, 2.24) is 5.32 Å². The topological polar surface area (TPSA) is 12.0 Å². The molecule has 2 rings (SSSR count). The Labute approximate surface area is 106 Å². The molecule has 0 spiro atoms. The quantitative estimate of drug-likeness (QED) is 0.832. The van der Waals surface area contributed by atoms with Gasteiger partial charge in [-0.15, -0.1) is 0 Å². The first-order valence-corrected chi connectivity index (χ1v) is 7.08. The molecule has 1 N–H and O–H groups in total. The van der Waals surface area contributed by atoms with Crippen molar-refractivity contribution in [2.75, 3.05) is 6.54 Å². The third-order valence-corrected chi connectivity index (χ3v) is 3.79. The Morgan fingerprint density at radius 3 is 2.59 bits per heavy atom. The average Bonchev–Trinajstić information content (AvgIpc) is 2.58. The Bertz CT molecular complexity index is 318. The highest BCUT2D eigenvalue weighted by Crippen LogP contribution is 2.17. The fourth-order valence-corrected chi connectivity index (χ4v) is 2.60. The monoisotopic (exact) mass is 231 g/mol. The fraction of sp³-hybridized carbons (Fsp3) is 0.625. The van der Waals surface area contributed by atoms with Gasteiger partial charge in [-0.1, -0.05) is 51.0 Å². The smallest absolute Gasteiger partial charge is 0.0107 e. The summed E-state index contributed by atoms with van der Waals surface area (Å²) in [4.78, 5) is 0. The molecule has 0 aliphatic carbocycles. The summed E-state index contributed by atoms with van der Waals surface area (Å²) in [5.41, 5.74) is 2.93. The Hall–Kier alpha value is -0.820. The summed E-state index contributed by atoms with van der Waals surface area (Å²) >= 11 is 0. The molecule has 1 aliphatic rings. The zero-order chi connectivity index (χ0) is 12.1. The second-order valence-electron chi connectivity index (χ2n) is 5.60. The third kappa shape index (κ3) is 3.85. The van der Waals surface area contributed by atoms with E-state index in [4.69, 9.17) is 0 Å². The second kappa shape index (κ2) is 6.20. The minimum absolute atomic E-state index is 0.639. The molecule has 1 nitrogen and oxygen atoms in total. The first-order chi connectivity index (χ1) is 8.25. The predicted octanol–water partition coefficient (Wildman–Crippen LogP) is 3.88. The Kier molecular flexibility index (Phi) is 4.61. The van der Waals surface area contributed by atoms with Gasteiger partial charge in [0.1, 0.15) is 0 Å². The zero-order valence-corrected chi connectivity index (χ0v) is 11.2. The van der Waals surface area contributed by atoms with E-state index in [1.54, 1.807) is 0 Å². The number of hydrogen-bond donors (Lipinski definition) is 1. The first-order valence-electron chi connectivity index (χ1n) is 7.08. The molecule has 1 aromatic rings. The average molecular weight is 231 g/mol. The molecule has 1 heterocycles. The maximum Gasteiger partial charge on any atom is 0.0107 e. The standard InChI is InChI=1S/C16H25N/c1-13(2)15-9-7-14(8-10-15)12-16-6-4-3-5-11-17-16/h7-10,13,16-17H,3-6,11-12H2,1-2H3. The van der Waals surface area contributed by atoms with E-state index in [1.807, 2.05) is 0 Å². The van der Waals surface area contributed by atoms with Gasteiger partial charge in [0.05, 0.1) is 0 Å². The van der Waals surface area contributed by atoms with Crippen LogP contribution in [0.2, 0.25) is 0 Å². The van der Waals surface area contributed by atoms with E-state index in [0.29, 0.717) is 12.0 Å². The number of hydrogen-bond acceptors (Lipinski definition) is 1. The van der Waals surface area contributed by atoms with Crippen LogP contribution in [0.1, 0.15) is 56.6 Å². The van der Waals surface area contributed by atoms with Gasteiger partial charge in [0, 0.05) is 6.04 Å². The highest BCUT2D eigenvalue weighted by atomic mass is 14.9. The van der Waals surface area contributed by atoms with Gasteiger partial charge in [-0.25, -0.2) is 0 Å². The molecule has 1 saturated heterocycles. The Balaban J connectivity index is 1.93. The van der Waals surface area contributed by atoms with E-state index in [1.165, 1.54) is 49.8 Å². The van der Waals surface area contributed by atoms with Crippen LogP contribution < -0.4 is 5.32 Å². The molecule has 0 saturated carbocycles. The van der Waals surface area contributed by atoms with Gasteiger partial charge in [0.2, 0.25) is 0 Å². The third-order valence-electron chi connectivity index (χ3n) is 3.79. The normalized spacial score (nSPS) is 21.5. The molecule has 94 valence electrons. The fourth-order valence-electron chi connectivity index (χ4n) is 2.60. The minimum atomic E-state index is 0.639. The molecular weight excluding hydrogens is 206 g/mol. The van der Waals surface area contributed by atoms with Crippen LogP contribution in [0, 0.1) is 0 Å². The van der Waals surface area contributed by atoms with Crippen LogP contribution in [-0.2, 0) is 6.42 Å². The SMILES string of the molecule is CC(C)c1ccc(CC2CCCCCN2)cc1. The first kappa shape index (κ1) is 12.6. The van der Waals surface area contributed by atoms with Gasteiger partial charge in [-0.05, 0) is 42.9 Å². The van der Waals surface area contributed by atoms with E-state index < -0.39 is 0 Å². The van der Waals surface area contributed by atoms with E-state index in [2.05, 4.69) is 43.4 Å². The molecule has 1 heteroatoms. The molecule has 0 bridgehead atoms. The molecule has 1 atom stereocenters. The molecule has 1 aromatic carbocycles. The van der Waals surface area contributed by atoms with Gasteiger partial charge in [-0.3, -0.25) is 0 Å². The summed E-state index contributed by atoms with van der Waals surface area (Å²) < 4.78 is 0. The molecular formula is C16H25N. The molecule has 1 fully saturated rings. The summed E-state index contributed by atoms with van der Waals surface area (Å²) in [7, 11) is 0. The van der Waals surface area contributed by atoms with Crippen LogP contribution in [0.5, 0.6) is 0 Å². The molecule has 0 radical (unpaired) electrons. The summed E-state index contributed by atoms with van der Waals surface area (Å²) in [5.74, 6) is 0.639. The van der Waals surface area contributed by atoms with Gasteiger partial charge in [-0.2, -0.15) is 0 Å². The molecule has 17 heavy (non-hydrogen) atoms. The number of benzene rings is 1. The largest absolute Gasteiger partial charge is 0.314 e. The lowest BCUT2D eigenvalue weighted by atomic mass is 9.98. The highest BCUT2D eigenvalue weighted by Gasteiger charge is 2.11.